The van der Waals surface area contributed by atoms with Gasteiger partial charge >= 0.3 is 0 Å². The van der Waals surface area contributed by atoms with Crippen LogP contribution in [0.25, 0.3) is 0 Å². The van der Waals surface area contributed by atoms with Crippen LogP contribution in [0.4, 0.5) is 0 Å². The van der Waals surface area contributed by atoms with Crippen molar-refractivity contribution < 1.29 is 14.3 Å². The monoisotopic (exact) mass is 394 g/mol. The highest BCUT2D eigenvalue weighted by atomic mass is 16.5. The number of amides is 1. The zero-order valence-corrected chi connectivity index (χ0v) is 17.5. The number of rotatable bonds is 6. The lowest BCUT2D eigenvalue weighted by Gasteiger charge is -2.57. The molecule has 2 aromatic carbocycles. The molecule has 1 N–H and O–H groups in total. The minimum Gasteiger partial charge on any atom is -0.496 e. The quantitative estimate of drug-likeness (QED) is 0.803. The number of hydrogen-bond acceptors (Lipinski definition) is 4. The van der Waals surface area contributed by atoms with E-state index in [-0.39, 0.29) is 17.5 Å². The Bertz CT molecular complexity index is 837. The Morgan fingerprint density at radius 2 is 1.66 bits per heavy atom. The predicted molar refractivity (Wildman–Crippen MR) is 114 cm³/mol. The third-order valence-corrected chi connectivity index (χ3v) is 6.86. The number of likely N-dealkylation sites (N-methyl/N-ethyl adjacent to an activating group) is 1. The van der Waals surface area contributed by atoms with Crippen LogP contribution < -0.4 is 14.8 Å². The Morgan fingerprint density at radius 1 is 1.03 bits per heavy atom. The van der Waals surface area contributed by atoms with Crippen molar-refractivity contribution in [3.8, 4) is 11.5 Å². The molecule has 2 bridgehead atoms. The van der Waals surface area contributed by atoms with Gasteiger partial charge in [0.05, 0.1) is 20.3 Å². The summed E-state index contributed by atoms with van der Waals surface area (Å²) in [5.41, 5.74) is 1.52. The van der Waals surface area contributed by atoms with Crippen LogP contribution >= 0.6 is 0 Å². The summed E-state index contributed by atoms with van der Waals surface area (Å²) in [6.45, 7) is 1.09. The Balaban J connectivity index is 1.73. The Labute approximate surface area is 173 Å². The van der Waals surface area contributed by atoms with Gasteiger partial charge < -0.3 is 14.8 Å². The van der Waals surface area contributed by atoms with Crippen molar-refractivity contribution in [1.29, 1.82) is 0 Å². The minimum atomic E-state index is -0.163. The molecule has 1 saturated carbocycles. The first kappa shape index (κ1) is 19.8. The van der Waals surface area contributed by atoms with E-state index in [2.05, 4.69) is 29.4 Å². The van der Waals surface area contributed by atoms with Gasteiger partial charge in [-0.2, -0.15) is 0 Å². The maximum Gasteiger partial charge on any atom is 0.259 e. The van der Waals surface area contributed by atoms with Crippen LogP contribution in [0, 0.1) is 5.92 Å². The molecule has 0 radical (unpaired) electrons. The van der Waals surface area contributed by atoms with Crippen molar-refractivity contribution in [3.05, 3.63) is 59.7 Å². The molecule has 0 aromatic heterocycles. The van der Waals surface area contributed by atoms with Crippen LogP contribution in [0.2, 0.25) is 0 Å². The number of fused-ring (bicyclic) bond motifs is 3. The van der Waals surface area contributed by atoms with Gasteiger partial charge in [0.1, 0.15) is 17.1 Å². The van der Waals surface area contributed by atoms with Crippen molar-refractivity contribution in [1.82, 2.24) is 10.2 Å². The van der Waals surface area contributed by atoms with Crippen LogP contribution in [0.1, 0.15) is 47.6 Å². The van der Waals surface area contributed by atoms with E-state index in [4.69, 9.17) is 9.47 Å². The second-order valence-electron chi connectivity index (χ2n) is 8.28. The van der Waals surface area contributed by atoms with Crippen LogP contribution in [0.3, 0.4) is 0 Å². The fourth-order valence-corrected chi connectivity index (χ4v) is 5.27. The number of nitrogens with zero attached hydrogens (tertiary/aromatic N) is 1. The Hall–Kier alpha value is -2.53. The molecular formula is C24H30N2O3. The number of methoxy groups -OCH3 is 2. The molecule has 1 amide bonds. The van der Waals surface area contributed by atoms with E-state index in [0.717, 1.165) is 30.9 Å². The first-order chi connectivity index (χ1) is 14.1. The van der Waals surface area contributed by atoms with Crippen LogP contribution in [-0.2, 0) is 0 Å². The minimum absolute atomic E-state index is 0.0684. The molecule has 0 unspecified atom stereocenters. The van der Waals surface area contributed by atoms with E-state index in [9.17, 15) is 4.79 Å². The summed E-state index contributed by atoms with van der Waals surface area (Å²) >= 11 is 0. The van der Waals surface area contributed by atoms with Crippen molar-refractivity contribution in [2.45, 2.75) is 37.3 Å². The molecule has 5 heteroatoms. The number of nitrogens with one attached hydrogen (secondary N) is 1. The topological polar surface area (TPSA) is 50.8 Å². The summed E-state index contributed by atoms with van der Waals surface area (Å²) in [6, 6.07) is 15.7. The molecule has 2 heterocycles. The zero-order valence-electron chi connectivity index (χ0n) is 17.5. The van der Waals surface area contributed by atoms with Gasteiger partial charge in [-0.25, -0.2) is 0 Å². The van der Waals surface area contributed by atoms with Crippen LogP contribution in [0.15, 0.2) is 48.5 Å². The van der Waals surface area contributed by atoms with Gasteiger partial charge in [-0.3, -0.25) is 9.69 Å². The summed E-state index contributed by atoms with van der Waals surface area (Å²) in [6.07, 6.45) is 4.64. The summed E-state index contributed by atoms with van der Waals surface area (Å²) in [7, 11) is 5.36. The first-order valence-electron chi connectivity index (χ1n) is 10.4. The lowest BCUT2D eigenvalue weighted by molar-refractivity contribution is -0.0404. The normalized spacial score (nSPS) is 24.7. The summed E-state index contributed by atoms with van der Waals surface area (Å²) in [5, 5.41) is 3.37. The van der Waals surface area contributed by atoms with Gasteiger partial charge in [-0.05, 0) is 56.3 Å². The molecule has 3 fully saturated rings. The fraction of sp³-hybridized carbons (Fsp3) is 0.458. The average Bonchev–Trinajstić information content (AvgIpc) is 2.78. The first-order valence-corrected chi connectivity index (χ1v) is 10.4. The lowest BCUT2D eigenvalue weighted by Crippen LogP contribution is -2.62. The molecular weight excluding hydrogens is 364 g/mol. The van der Waals surface area contributed by atoms with E-state index in [1.807, 2.05) is 24.3 Å². The van der Waals surface area contributed by atoms with E-state index in [1.165, 1.54) is 12.8 Å². The molecule has 2 aromatic rings. The number of piperidine rings is 2. The zero-order chi connectivity index (χ0) is 20.4. The van der Waals surface area contributed by atoms with E-state index in [0.29, 0.717) is 17.1 Å². The largest absolute Gasteiger partial charge is 0.496 e. The summed E-state index contributed by atoms with van der Waals surface area (Å²) < 4.78 is 10.9. The molecule has 154 valence electrons. The van der Waals surface area contributed by atoms with Crippen molar-refractivity contribution in [3.63, 3.8) is 0 Å². The van der Waals surface area contributed by atoms with Crippen molar-refractivity contribution >= 4 is 5.91 Å². The maximum absolute atomic E-state index is 13.5. The van der Waals surface area contributed by atoms with Gasteiger partial charge in [0.15, 0.2) is 0 Å². The molecule has 2 saturated heterocycles. The number of carbonyl (C=O) groups excluding carboxylic acids is 1. The number of carbonyl (C=O) groups is 1. The number of benzene rings is 2. The van der Waals surface area contributed by atoms with Gasteiger partial charge in [-0.15, -0.1) is 0 Å². The highest BCUT2D eigenvalue weighted by molar-refractivity contribution is 6.00. The standard InChI is InChI=1S/C24H30N2O3/c1-26-16-17-12-14-24(26,15-13-17)22(18-8-5-4-6-9-18)25-23(27)21-19(28-2)10-7-11-20(21)29-3/h4-11,17,22H,12-16H2,1-3H3,(H,25,27)/t17?,22-,24?/m1/s1. The smallest absolute Gasteiger partial charge is 0.259 e. The molecule has 1 aliphatic carbocycles. The highest BCUT2D eigenvalue weighted by Gasteiger charge is 2.50. The van der Waals surface area contributed by atoms with Crippen LogP contribution in [-0.4, -0.2) is 44.2 Å². The molecule has 3 aliphatic rings. The molecule has 5 rings (SSSR count). The van der Waals surface area contributed by atoms with Gasteiger partial charge in [-0.1, -0.05) is 36.4 Å². The van der Waals surface area contributed by atoms with E-state index < -0.39 is 0 Å². The van der Waals surface area contributed by atoms with Crippen molar-refractivity contribution in [2.75, 3.05) is 27.8 Å². The maximum atomic E-state index is 13.5. The third-order valence-electron chi connectivity index (χ3n) is 6.86. The average molecular weight is 395 g/mol. The number of hydrogen-bond donors (Lipinski definition) is 1. The fourth-order valence-electron chi connectivity index (χ4n) is 5.27. The molecule has 29 heavy (non-hydrogen) atoms. The van der Waals surface area contributed by atoms with E-state index >= 15 is 0 Å². The second kappa shape index (κ2) is 8.07. The van der Waals surface area contributed by atoms with Gasteiger partial charge in [0, 0.05) is 12.1 Å². The summed E-state index contributed by atoms with van der Waals surface area (Å²) in [4.78, 5) is 16.0. The lowest BCUT2D eigenvalue weighted by atomic mass is 9.66. The predicted octanol–water partition coefficient (Wildman–Crippen LogP) is 4.05. The van der Waals surface area contributed by atoms with E-state index in [1.54, 1.807) is 26.4 Å². The second-order valence-corrected chi connectivity index (χ2v) is 8.28. The number of ether oxygens (including phenoxy) is 2. The third kappa shape index (κ3) is 3.48. The van der Waals surface area contributed by atoms with Crippen LogP contribution in [0.5, 0.6) is 11.5 Å². The highest BCUT2D eigenvalue weighted by Crippen LogP contribution is 2.49. The molecule has 1 atom stereocenters. The van der Waals surface area contributed by atoms with Gasteiger partial charge in [0.25, 0.3) is 5.91 Å². The summed E-state index contributed by atoms with van der Waals surface area (Å²) in [5.74, 6) is 1.66. The van der Waals surface area contributed by atoms with Crippen molar-refractivity contribution in [2.24, 2.45) is 5.92 Å². The molecule has 0 spiro atoms. The molecule has 5 nitrogen and oxygen atoms in total. The van der Waals surface area contributed by atoms with Gasteiger partial charge in [0.2, 0.25) is 0 Å². The SMILES string of the molecule is COc1cccc(OC)c1C(=O)N[C@H](c1ccccc1)C12CCC(CC1)CN2C. The Kier molecular flexibility index (Phi) is 5.50. The molecule has 2 aliphatic heterocycles. The Morgan fingerprint density at radius 3 is 2.21 bits per heavy atom.